The minimum absolute atomic E-state index is 0.0683. The van der Waals surface area contributed by atoms with Crippen LogP contribution in [0.5, 0.6) is 0 Å². The predicted octanol–water partition coefficient (Wildman–Crippen LogP) is 3.10. The van der Waals surface area contributed by atoms with Gasteiger partial charge >= 0.3 is 0 Å². The fraction of sp³-hybridized carbons (Fsp3) is 0.462. The van der Waals surface area contributed by atoms with Crippen molar-refractivity contribution in [1.82, 2.24) is 5.32 Å². The Morgan fingerprint density at radius 1 is 1.28 bits per heavy atom. The van der Waals surface area contributed by atoms with Gasteiger partial charge in [-0.25, -0.2) is 0 Å². The first-order valence-corrected chi connectivity index (χ1v) is 7.48. The topological polar surface area (TPSA) is 49.3 Å². The van der Waals surface area contributed by atoms with Crippen LogP contribution >= 0.6 is 31.9 Å². The summed E-state index contributed by atoms with van der Waals surface area (Å²) in [5.74, 6) is -0.0683. The largest absolute Gasteiger partial charge is 0.396 e. The Morgan fingerprint density at radius 3 is 2.39 bits per heavy atom. The third kappa shape index (κ3) is 3.56. The van der Waals surface area contributed by atoms with Crippen molar-refractivity contribution in [2.75, 3.05) is 13.2 Å². The van der Waals surface area contributed by atoms with Gasteiger partial charge in [-0.3, -0.25) is 4.79 Å². The summed E-state index contributed by atoms with van der Waals surface area (Å²) in [6.45, 7) is 0.842. The van der Waals surface area contributed by atoms with Crippen molar-refractivity contribution in [3.8, 4) is 0 Å². The van der Waals surface area contributed by atoms with Gasteiger partial charge in [-0.2, -0.15) is 0 Å². The fourth-order valence-electron chi connectivity index (χ4n) is 1.98. The third-order valence-corrected chi connectivity index (χ3v) is 4.26. The highest BCUT2D eigenvalue weighted by Crippen LogP contribution is 2.47. The lowest BCUT2D eigenvalue weighted by Gasteiger charge is -2.14. The Labute approximate surface area is 123 Å². The van der Waals surface area contributed by atoms with Gasteiger partial charge in [-0.1, -0.05) is 31.9 Å². The molecule has 1 aromatic carbocycles. The van der Waals surface area contributed by atoms with Crippen LogP contribution in [0.2, 0.25) is 0 Å². The van der Waals surface area contributed by atoms with Gasteiger partial charge in [0.2, 0.25) is 0 Å². The molecule has 0 heterocycles. The summed E-state index contributed by atoms with van der Waals surface area (Å²) < 4.78 is 1.75. The van der Waals surface area contributed by atoms with E-state index in [0.29, 0.717) is 12.1 Å². The fourth-order valence-corrected chi connectivity index (χ4v) is 3.28. The quantitative estimate of drug-likeness (QED) is 0.829. The van der Waals surface area contributed by atoms with Crippen LogP contribution in [0.1, 0.15) is 29.6 Å². The predicted molar refractivity (Wildman–Crippen MR) is 77.5 cm³/mol. The molecule has 5 heteroatoms. The SMILES string of the molecule is O=C(NCC1(CCO)CC1)c1cc(Br)cc(Br)c1. The summed E-state index contributed by atoms with van der Waals surface area (Å²) in [4.78, 5) is 12.0. The van der Waals surface area contributed by atoms with Gasteiger partial charge in [0.05, 0.1) is 0 Å². The van der Waals surface area contributed by atoms with E-state index in [4.69, 9.17) is 5.11 Å². The average Bonchev–Trinajstić information content (AvgIpc) is 3.06. The van der Waals surface area contributed by atoms with Gasteiger partial charge in [-0.05, 0) is 42.9 Å². The molecule has 0 saturated heterocycles. The zero-order valence-corrected chi connectivity index (χ0v) is 13.1. The summed E-state index contributed by atoms with van der Waals surface area (Å²) in [7, 11) is 0. The van der Waals surface area contributed by atoms with Crippen molar-refractivity contribution < 1.29 is 9.90 Å². The van der Waals surface area contributed by atoms with Crippen LogP contribution in [0.25, 0.3) is 0 Å². The second kappa shape index (κ2) is 5.72. The molecule has 1 aliphatic rings. The highest BCUT2D eigenvalue weighted by Gasteiger charge is 2.41. The first-order chi connectivity index (χ1) is 8.54. The molecule has 2 rings (SSSR count). The molecule has 1 aromatic rings. The molecule has 0 spiro atoms. The Balaban J connectivity index is 1.95. The molecule has 0 bridgehead atoms. The van der Waals surface area contributed by atoms with Crippen molar-refractivity contribution in [2.24, 2.45) is 5.41 Å². The van der Waals surface area contributed by atoms with Crippen molar-refractivity contribution in [2.45, 2.75) is 19.3 Å². The molecule has 18 heavy (non-hydrogen) atoms. The molecule has 1 amide bonds. The summed E-state index contributed by atoms with van der Waals surface area (Å²) in [6.07, 6.45) is 2.96. The molecular formula is C13H15Br2NO2. The van der Waals surface area contributed by atoms with Gasteiger partial charge < -0.3 is 10.4 Å². The zero-order valence-electron chi connectivity index (χ0n) is 9.88. The number of hydrogen-bond acceptors (Lipinski definition) is 2. The smallest absolute Gasteiger partial charge is 0.251 e. The number of amides is 1. The first kappa shape index (κ1) is 14.0. The summed E-state index contributed by atoms with van der Waals surface area (Å²) >= 11 is 6.73. The average molecular weight is 377 g/mol. The minimum atomic E-state index is -0.0683. The van der Waals surface area contributed by atoms with Crippen molar-refractivity contribution in [3.63, 3.8) is 0 Å². The number of hydrogen-bond donors (Lipinski definition) is 2. The number of rotatable bonds is 5. The molecule has 0 radical (unpaired) electrons. The van der Waals surface area contributed by atoms with Crippen LogP contribution in [0.15, 0.2) is 27.1 Å². The lowest BCUT2D eigenvalue weighted by atomic mass is 10.0. The summed E-state index contributed by atoms with van der Waals surface area (Å²) in [5.41, 5.74) is 0.782. The van der Waals surface area contributed by atoms with Crippen LogP contribution in [0, 0.1) is 5.41 Å². The van der Waals surface area contributed by atoms with Crippen LogP contribution in [-0.4, -0.2) is 24.2 Å². The Kier molecular flexibility index (Phi) is 4.45. The number of benzene rings is 1. The number of nitrogens with one attached hydrogen (secondary N) is 1. The molecule has 0 atom stereocenters. The molecule has 2 N–H and O–H groups in total. The molecular weight excluding hydrogens is 362 g/mol. The zero-order chi connectivity index (χ0) is 13.2. The maximum atomic E-state index is 12.0. The Bertz CT molecular complexity index is 438. The van der Waals surface area contributed by atoms with E-state index in [1.54, 1.807) is 12.1 Å². The Hall–Kier alpha value is -0.390. The van der Waals surface area contributed by atoms with Crippen LogP contribution in [-0.2, 0) is 0 Å². The maximum absolute atomic E-state index is 12.0. The molecule has 0 aliphatic heterocycles. The van der Waals surface area contributed by atoms with E-state index in [-0.39, 0.29) is 17.9 Å². The molecule has 98 valence electrons. The van der Waals surface area contributed by atoms with Gasteiger partial charge in [0.25, 0.3) is 5.91 Å². The molecule has 3 nitrogen and oxygen atoms in total. The summed E-state index contributed by atoms with van der Waals surface area (Å²) in [6, 6.07) is 5.49. The Morgan fingerprint density at radius 2 is 1.89 bits per heavy atom. The van der Waals surface area contributed by atoms with Gasteiger partial charge in [0, 0.05) is 27.7 Å². The first-order valence-electron chi connectivity index (χ1n) is 5.90. The van der Waals surface area contributed by atoms with Crippen molar-refractivity contribution >= 4 is 37.8 Å². The third-order valence-electron chi connectivity index (χ3n) is 3.35. The number of aliphatic hydroxyl groups is 1. The van der Waals surface area contributed by atoms with E-state index in [1.807, 2.05) is 6.07 Å². The van der Waals surface area contributed by atoms with Crippen molar-refractivity contribution in [1.29, 1.82) is 0 Å². The molecule has 0 aromatic heterocycles. The minimum Gasteiger partial charge on any atom is -0.396 e. The van der Waals surface area contributed by atoms with E-state index in [0.717, 1.165) is 28.2 Å². The maximum Gasteiger partial charge on any atom is 0.251 e. The monoisotopic (exact) mass is 375 g/mol. The number of carbonyl (C=O) groups is 1. The number of aliphatic hydroxyl groups excluding tert-OH is 1. The van der Waals surface area contributed by atoms with E-state index >= 15 is 0 Å². The highest BCUT2D eigenvalue weighted by molar-refractivity contribution is 9.11. The van der Waals surface area contributed by atoms with Crippen LogP contribution in [0.3, 0.4) is 0 Å². The van der Waals surface area contributed by atoms with Crippen LogP contribution < -0.4 is 5.32 Å². The van der Waals surface area contributed by atoms with E-state index < -0.39 is 0 Å². The molecule has 0 unspecified atom stereocenters. The van der Waals surface area contributed by atoms with Gasteiger partial charge in [-0.15, -0.1) is 0 Å². The van der Waals surface area contributed by atoms with E-state index in [9.17, 15) is 4.79 Å². The molecule has 1 fully saturated rings. The lowest BCUT2D eigenvalue weighted by Crippen LogP contribution is -2.30. The van der Waals surface area contributed by atoms with E-state index in [1.165, 1.54) is 0 Å². The van der Waals surface area contributed by atoms with Gasteiger partial charge in [0.15, 0.2) is 0 Å². The number of halogens is 2. The second-order valence-electron chi connectivity index (χ2n) is 4.81. The lowest BCUT2D eigenvalue weighted by molar-refractivity contribution is 0.0940. The van der Waals surface area contributed by atoms with E-state index in [2.05, 4.69) is 37.2 Å². The normalized spacial score (nSPS) is 16.4. The van der Waals surface area contributed by atoms with Gasteiger partial charge in [0.1, 0.15) is 0 Å². The molecule has 1 saturated carbocycles. The molecule has 1 aliphatic carbocycles. The highest BCUT2D eigenvalue weighted by atomic mass is 79.9. The summed E-state index contributed by atoms with van der Waals surface area (Å²) in [5, 5.41) is 11.9. The number of carbonyl (C=O) groups excluding carboxylic acids is 1. The standard InChI is InChI=1S/C13H15Br2NO2/c14-10-5-9(6-11(15)7-10)12(18)16-8-13(1-2-13)3-4-17/h5-7,17H,1-4,8H2,(H,16,18). The second-order valence-corrected chi connectivity index (χ2v) is 6.65. The van der Waals surface area contributed by atoms with Crippen molar-refractivity contribution in [3.05, 3.63) is 32.7 Å². The van der Waals surface area contributed by atoms with Crippen LogP contribution in [0.4, 0.5) is 0 Å².